The summed E-state index contributed by atoms with van der Waals surface area (Å²) in [6, 6.07) is 12.8. The number of nitrogens with zero attached hydrogens (tertiary/aromatic N) is 1. The Morgan fingerprint density at radius 3 is 2.67 bits per heavy atom. The van der Waals surface area contributed by atoms with Gasteiger partial charge in [0.2, 0.25) is 0 Å². The average molecular weight is 363 g/mol. The molecule has 1 N–H and O–H groups in total. The molecule has 2 aromatic carbocycles. The Bertz CT molecular complexity index is 1150. The van der Waals surface area contributed by atoms with Gasteiger partial charge in [-0.2, -0.15) is 0 Å². The molecular formula is C21H17NO5. The topological polar surface area (TPSA) is 85.7 Å². The van der Waals surface area contributed by atoms with Crippen molar-refractivity contribution in [1.29, 1.82) is 0 Å². The van der Waals surface area contributed by atoms with E-state index in [0.717, 1.165) is 37.0 Å². The van der Waals surface area contributed by atoms with E-state index in [2.05, 4.69) is 17.1 Å². The van der Waals surface area contributed by atoms with Crippen LogP contribution in [0, 0.1) is 0 Å². The lowest BCUT2D eigenvalue weighted by atomic mass is 9.91. The normalized spacial score (nSPS) is 15.6. The molecule has 1 saturated heterocycles. The van der Waals surface area contributed by atoms with Crippen molar-refractivity contribution in [3.8, 4) is 11.7 Å². The van der Waals surface area contributed by atoms with Crippen molar-refractivity contribution in [2.75, 3.05) is 13.2 Å². The van der Waals surface area contributed by atoms with E-state index in [1.165, 1.54) is 17.7 Å². The molecule has 0 radical (unpaired) electrons. The van der Waals surface area contributed by atoms with Crippen LogP contribution in [0.3, 0.4) is 0 Å². The van der Waals surface area contributed by atoms with E-state index in [1.807, 2.05) is 12.1 Å². The Balaban J connectivity index is 1.52. The Labute approximate surface area is 154 Å². The number of aromatic carboxylic acids is 1. The first-order valence-electron chi connectivity index (χ1n) is 8.93. The zero-order valence-electron chi connectivity index (χ0n) is 14.5. The second-order valence-electron chi connectivity index (χ2n) is 6.80. The minimum absolute atomic E-state index is 0.163. The summed E-state index contributed by atoms with van der Waals surface area (Å²) in [4.78, 5) is 15.5. The maximum Gasteiger partial charge on any atom is 0.335 e. The highest BCUT2D eigenvalue weighted by Gasteiger charge is 2.18. The van der Waals surface area contributed by atoms with Crippen molar-refractivity contribution in [1.82, 2.24) is 4.98 Å². The molecule has 0 spiro atoms. The number of aromatic nitrogens is 1. The standard InChI is InChI=1S/C21H17NO5/c23-21(24)14-1-3-16-18(10-14)27-20(22-16)19-11-15-9-13(2-4-17(15)26-19)12-5-7-25-8-6-12/h1-4,9-12H,5-8H2,(H,23,24). The van der Waals surface area contributed by atoms with E-state index in [9.17, 15) is 4.79 Å². The largest absolute Gasteiger partial charge is 0.478 e. The predicted octanol–water partition coefficient (Wildman–Crippen LogP) is 4.83. The first kappa shape index (κ1) is 16.1. The van der Waals surface area contributed by atoms with Crippen LogP contribution in [-0.2, 0) is 4.74 Å². The fraction of sp³-hybridized carbons (Fsp3) is 0.238. The van der Waals surface area contributed by atoms with Gasteiger partial charge in [0, 0.05) is 18.6 Å². The van der Waals surface area contributed by atoms with Crippen LogP contribution >= 0.6 is 0 Å². The number of ether oxygens (including phenoxy) is 1. The van der Waals surface area contributed by atoms with E-state index >= 15 is 0 Å². The molecule has 0 saturated carbocycles. The molecule has 0 amide bonds. The van der Waals surface area contributed by atoms with Crippen LogP contribution in [0.25, 0.3) is 33.7 Å². The van der Waals surface area contributed by atoms with Crippen LogP contribution in [0.15, 0.2) is 51.3 Å². The van der Waals surface area contributed by atoms with Gasteiger partial charge < -0.3 is 18.7 Å². The summed E-state index contributed by atoms with van der Waals surface area (Å²) in [6.45, 7) is 1.61. The van der Waals surface area contributed by atoms with Crippen LogP contribution in [0.1, 0.15) is 34.7 Å². The minimum atomic E-state index is -1.00. The zero-order valence-corrected chi connectivity index (χ0v) is 14.5. The summed E-state index contributed by atoms with van der Waals surface area (Å²) in [5.41, 5.74) is 3.25. The molecular weight excluding hydrogens is 346 g/mol. The van der Waals surface area contributed by atoms with Crippen molar-refractivity contribution >= 4 is 28.0 Å². The molecule has 1 aliphatic heterocycles. The average Bonchev–Trinajstić information content (AvgIpc) is 3.31. The lowest BCUT2D eigenvalue weighted by molar-refractivity contribution is 0.0697. The predicted molar refractivity (Wildman–Crippen MR) is 99.0 cm³/mol. The molecule has 6 nitrogen and oxygen atoms in total. The van der Waals surface area contributed by atoms with Crippen LogP contribution in [0.5, 0.6) is 0 Å². The number of hydrogen-bond acceptors (Lipinski definition) is 5. The summed E-state index contributed by atoms with van der Waals surface area (Å²) in [5, 5.41) is 10.1. The fourth-order valence-corrected chi connectivity index (χ4v) is 3.62. The number of carboxylic acids is 1. The molecule has 5 rings (SSSR count). The van der Waals surface area contributed by atoms with Gasteiger partial charge >= 0.3 is 5.97 Å². The Hall–Kier alpha value is -3.12. The summed E-state index contributed by atoms with van der Waals surface area (Å²) in [7, 11) is 0. The van der Waals surface area contributed by atoms with Crippen LogP contribution in [0.4, 0.5) is 0 Å². The number of oxazole rings is 1. The van der Waals surface area contributed by atoms with Crippen LogP contribution < -0.4 is 0 Å². The van der Waals surface area contributed by atoms with E-state index in [4.69, 9.17) is 18.7 Å². The molecule has 0 unspecified atom stereocenters. The van der Waals surface area contributed by atoms with Crippen molar-refractivity contribution < 1.29 is 23.5 Å². The Morgan fingerprint density at radius 2 is 1.85 bits per heavy atom. The number of rotatable bonds is 3. The second-order valence-corrected chi connectivity index (χ2v) is 6.80. The quantitative estimate of drug-likeness (QED) is 0.561. The minimum Gasteiger partial charge on any atom is -0.478 e. The van der Waals surface area contributed by atoms with Gasteiger partial charge in [0.05, 0.1) is 5.56 Å². The molecule has 0 bridgehead atoms. The summed E-state index contributed by atoms with van der Waals surface area (Å²) >= 11 is 0. The molecule has 27 heavy (non-hydrogen) atoms. The third-order valence-electron chi connectivity index (χ3n) is 5.08. The number of carbonyl (C=O) groups is 1. The van der Waals surface area contributed by atoms with Gasteiger partial charge in [-0.25, -0.2) is 9.78 Å². The molecule has 0 aliphatic carbocycles. The first-order chi connectivity index (χ1) is 13.2. The van der Waals surface area contributed by atoms with Crippen LogP contribution in [0.2, 0.25) is 0 Å². The summed E-state index contributed by atoms with van der Waals surface area (Å²) < 4.78 is 17.1. The maximum atomic E-state index is 11.1. The van der Waals surface area contributed by atoms with E-state index in [0.29, 0.717) is 28.7 Å². The van der Waals surface area contributed by atoms with E-state index < -0.39 is 5.97 Å². The number of hydrogen-bond donors (Lipinski definition) is 1. The van der Waals surface area contributed by atoms with Gasteiger partial charge in [-0.3, -0.25) is 0 Å². The first-order valence-corrected chi connectivity index (χ1v) is 8.93. The monoisotopic (exact) mass is 363 g/mol. The molecule has 2 aromatic heterocycles. The van der Waals surface area contributed by atoms with Gasteiger partial charge in [0.25, 0.3) is 5.89 Å². The van der Waals surface area contributed by atoms with Crippen molar-refractivity contribution in [3.05, 3.63) is 53.6 Å². The zero-order chi connectivity index (χ0) is 18.4. The van der Waals surface area contributed by atoms with Gasteiger partial charge in [0.1, 0.15) is 11.1 Å². The SMILES string of the molecule is O=C(O)c1ccc2nc(-c3cc4cc(C5CCOCC5)ccc4o3)oc2c1. The lowest BCUT2D eigenvalue weighted by Gasteiger charge is -2.22. The number of furan rings is 1. The third kappa shape index (κ3) is 2.88. The van der Waals surface area contributed by atoms with Gasteiger partial charge in [0.15, 0.2) is 11.3 Å². The maximum absolute atomic E-state index is 11.1. The number of benzene rings is 2. The lowest BCUT2D eigenvalue weighted by Crippen LogP contribution is -2.13. The Kier molecular flexibility index (Phi) is 3.72. The van der Waals surface area contributed by atoms with Crippen molar-refractivity contribution in [2.45, 2.75) is 18.8 Å². The number of fused-ring (bicyclic) bond motifs is 2. The van der Waals surface area contributed by atoms with Crippen molar-refractivity contribution in [3.63, 3.8) is 0 Å². The second kappa shape index (κ2) is 6.25. The molecule has 136 valence electrons. The molecule has 6 heteroatoms. The summed E-state index contributed by atoms with van der Waals surface area (Å²) in [5.74, 6) is 0.387. The molecule has 1 fully saturated rings. The van der Waals surface area contributed by atoms with Crippen LogP contribution in [-0.4, -0.2) is 29.3 Å². The highest BCUT2D eigenvalue weighted by molar-refractivity contribution is 5.92. The van der Waals surface area contributed by atoms with E-state index in [-0.39, 0.29) is 5.56 Å². The molecule has 3 heterocycles. The third-order valence-corrected chi connectivity index (χ3v) is 5.08. The van der Waals surface area contributed by atoms with E-state index in [1.54, 1.807) is 6.07 Å². The summed E-state index contributed by atoms with van der Waals surface area (Å²) in [6.07, 6.45) is 2.07. The Morgan fingerprint density at radius 1 is 1.00 bits per heavy atom. The highest BCUT2D eigenvalue weighted by atomic mass is 16.5. The van der Waals surface area contributed by atoms with Gasteiger partial charge in [-0.1, -0.05) is 6.07 Å². The molecule has 0 atom stereocenters. The molecule has 4 aromatic rings. The number of carboxylic acid groups (broad SMARTS) is 1. The highest BCUT2D eigenvalue weighted by Crippen LogP contribution is 2.33. The van der Waals surface area contributed by atoms with Gasteiger partial charge in [-0.15, -0.1) is 0 Å². The fourth-order valence-electron chi connectivity index (χ4n) is 3.62. The molecule has 1 aliphatic rings. The smallest absolute Gasteiger partial charge is 0.335 e. The van der Waals surface area contributed by atoms with Gasteiger partial charge in [-0.05, 0) is 60.7 Å². The van der Waals surface area contributed by atoms with Crippen molar-refractivity contribution in [2.24, 2.45) is 0 Å².